The summed E-state index contributed by atoms with van der Waals surface area (Å²) >= 11 is 7.15. The normalized spacial score (nSPS) is 24.0. The average molecular weight is 451 g/mol. The van der Waals surface area contributed by atoms with E-state index in [0.717, 1.165) is 34.5 Å². The second-order valence-electron chi connectivity index (χ2n) is 6.26. The molecule has 2 rings (SSSR count). The summed E-state index contributed by atoms with van der Waals surface area (Å²) in [7, 11) is 0. The molecule has 2 saturated heterocycles. The standard InChI is InChI=1S/C18H26O5S4/c1-13-7-24-11-15(26-9-13)3-22-17(19)5-21-6-18(20)23-4-16-12-25-8-14(2)10-27-16/h15-16H,1-12H2. The van der Waals surface area contributed by atoms with Crippen molar-refractivity contribution < 1.29 is 23.8 Å². The SMILES string of the molecule is C=C1CSCC(COC(=O)COCC(=O)OCC2CSCC(=C)CS2)SC1. The van der Waals surface area contributed by atoms with Crippen LogP contribution < -0.4 is 0 Å². The van der Waals surface area contributed by atoms with Crippen molar-refractivity contribution in [1.82, 2.24) is 0 Å². The van der Waals surface area contributed by atoms with Crippen LogP contribution in [0, 0.1) is 0 Å². The summed E-state index contributed by atoms with van der Waals surface area (Å²) in [6.07, 6.45) is 0. The van der Waals surface area contributed by atoms with Gasteiger partial charge in [-0.15, -0.1) is 23.5 Å². The molecule has 0 N–H and O–H groups in total. The third-order valence-corrected chi connectivity index (χ3v) is 9.19. The van der Waals surface area contributed by atoms with Gasteiger partial charge in [-0.1, -0.05) is 24.3 Å². The molecule has 0 aliphatic carbocycles. The molecule has 0 bridgehead atoms. The molecule has 0 saturated carbocycles. The summed E-state index contributed by atoms with van der Waals surface area (Å²) in [6.45, 7) is 8.24. The molecule has 9 heteroatoms. The molecule has 0 aromatic rings. The van der Waals surface area contributed by atoms with Gasteiger partial charge in [0.2, 0.25) is 0 Å². The number of ether oxygens (including phenoxy) is 3. The van der Waals surface area contributed by atoms with Crippen molar-refractivity contribution in [2.24, 2.45) is 0 Å². The fourth-order valence-electron chi connectivity index (χ4n) is 2.19. The van der Waals surface area contributed by atoms with E-state index in [1.165, 1.54) is 11.1 Å². The smallest absolute Gasteiger partial charge is 0.332 e. The van der Waals surface area contributed by atoms with Gasteiger partial charge in [-0.3, -0.25) is 0 Å². The molecule has 27 heavy (non-hydrogen) atoms. The van der Waals surface area contributed by atoms with Crippen molar-refractivity contribution >= 4 is 59.0 Å². The Bertz CT molecular complexity index is 494. The van der Waals surface area contributed by atoms with Crippen LogP contribution in [0.2, 0.25) is 0 Å². The summed E-state index contributed by atoms with van der Waals surface area (Å²) in [4.78, 5) is 23.5. The van der Waals surface area contributed by atoms with E-state index in [9.17, 15) is 9.59 Å². The van der Waals surface area contributed by atoms with Gasteiger partial charge in [0.15, 0.2) is 0 Å². The molecule has 0 amide bonds. The van der Waals surface area contributed by atoms with Crippen molar-refractivity contribution in [2.45, 2.75) is 10.5 Å². The third-order valence-electron chi connectivity index (χ3n) is 3.57. The lowest BCUT2D eigenvalue weighted by atomic mass is 10.4. The molecule has 2 heterocycles. The molecule has 0 aromatic carbocycles. The van der Waals surface area contributed by atoms with Crippen molar-refractivity contribution in [1.29, 1.82) is 0 Å². The minimum atomic E-state index is -0.453. The maximum Gasteiger partial charge on any atom is 0.332 e. The zero-order valence-corrected chi connectivity index (χ0v) is 18.6. The largest absolute Gasteiger partial charge is 0.463 e. The average Bonchev–Trinajstić information content (AvgIpc) is 2.98. The molecule has 0 aromatic heterocycles. The van der Waals surface area contributed by atoms with Crippen LogP contribution in [0.5, 0.6) is 0 Å². The molecule has 2 aliphatic heterocycles. The molecule has 5 nitrogen and oxygen atoms in total. The minimum Gasteiger partial charge on any atom is -0.463 e. The van der Waals surface area contributed by atoms with Crippen LogP contribution in [0.25, 0.3) is 0 Å². The first-order valence-corrected chi connectivity index (χ1v) is 13.0. The van der Waals surface area contributed by atoms with Crippen LogP contribution in [-0.4, -0.2) is 83.4 Å². The van der Waals surface area contributed by atoms with Crippen LogP contribution >= 0.6 is 47.0 Å². The summed E-state index contributed by atoms with van der Waals surface area (Å²) in [6, 6.07) is 0. The lowest BCUT2D eigenvalue weighted by molar-refractivity contribution is -0.155. The van der Waals surface area contributed by atoms with E-state index in [4.69, 9.17) is 14.2 Å². The number of hydrogen-bond acceptors (Lipinski definition) is 9. The van der Waals surface area contributed by atoms with Crippen LogP contribution in [0.15, 0.2) is 24.3 Å². The molecule has 2 fully saturated rings. The van der Waals surface area contributed by atoms with Gasteiger partial charge in [-0.2, -0.15) is 23.5 Å². The molecular weight excluding hydrogens is 424 g/mol. The Hall–Kier alpha value is -0.220. The highest BCUT2D eigenvalue weighted by Crippen LogP contribution is 2.26. The zero-order chi connectivity index (χ0) is 19.5. The van der Waals surface area contributed by atoms with E-state index < -0.39 is 11.9 Å². The van der Waals surface area contributed by atoms with Gasteiger partial charge >= 0.3 is 11.9 Å². The lowest BCUT2D eigenvalue weighted by Gasteiger charge is -2.14. The molecule has 0 radical (unpaired) electrons. The number of hydrogen-bond donors (Lipinski definition) is 0. The highest BCUT2D eigenvalue weighted by molar-refractivity contribution is 8.04. The first-order valence-electron chi connectivity index (χ1n) is 8.64. The van der Waals surface area contributed by atoms with E-state index in [2.05, 4.69) is 13.2 Å². The molecule has 152 valence electrons. The highest BCUT2D eigenvalue weighted by Gasteiger charge is 2.18. The fourth-order valence-corrected chi connectivity index (χ4v) is 7.00. The van der Waals surface area contributed by atoms with Crippen molar-refractivity contribution in [3.05, 3.63) is 24.3 Å². The molecule has 2 aliphatic rings. The Labute approximate surface area is 178 Å². The number of carbonyl (C=O) groups excluding carboxylic acids is 2. The Morgan fingerprint density at radius 3 is 1.70 bits per heavy atom. The van der Waals surface area contributed by atoms with E-state index in [-0.39, 0.29) is 23.7 Å². The maximum absolute atomic E-state index is 11.7. The zero-order valence-electron chi connectivity index (χ0n) is 15.3. The lowest BCUT2D eigenvalue weighted by Crippen LogP contribution is -2.24. The van der Waals surface area contributed by atoms with Gasteiger partial charge in [-0.25, -0.2) is 9.59 Å². The Morgan fingerprint density at radius 1 is 0.815 bits per heavy atom. The van der Waals surface area contributed by atoms with Crippen LogP contribution in [0.4, 0.5) is 0 Å². The number of esters is 2. The Morgan fingerprint density at radius 2 is 1.26 bits per heavy atom. The van der Waals surface area contributed by atoms with Crippen molar-refractivity contribution in [3.8, 4) is 0 Å². The summed E-state index contributed by atoms with van der Waals surface area (Å²) in [5.74, 6) is 4.72. The van der Waals surface area contributed by atoms with Gasteiger partial charge in [0.05, 0.1) is 0 Å². The van der Waals surface area contributed by atoms with Crippen LogP contribution in [-0.2, 0) is 23.8 Å². The second kappa shape index (κ2) is 13.1. The van der Waals surface area contributed by atoms with E-state index in [0.29, 0.717) is 13.2 Å². The van der Waals surface area contributed by atoms with E-state index in [1.807, 2.05) is 23.5 Å². The highest BCUT2D eigenvalue weighted by atomic mass is 32.2. The van der Waals surface area contributed by atoms with E-state index >= 15 is 0 Å². The Balaban J connectivity index is 1.51. The topological polar surface area (TPSA) is 61.8 Å². The van der Waals surface area contributed by atoms with Gasteiger partial charge in [0.1, 0.15) is 26.4 Å². The fraction of sp³-hybridized carbons (Fsp3) is 0.667. The predicted octanol–water partition coefficient (Wildman–Crippen LogP) is 2.90. The number of carbonyl (C=O) groups is 2. The van der Waals surface area contributed by atoms with E-state index in [1.54, 1.807) is 23.5 Å². The molecule has 0 spiro atoms. The van der Waals surface area contributed by atoms with Gasteiger partial charge in [0, 0.05) is 45.0 Å². The minimum absolute atomic E-state index is 0.236. The van der Waals surface area contributed by atoms with Gasteiger partial charge < -0.3 is 14.2 Å². The first-order chi connectivity index (χ1) is 13.0. The second-order valence-corrected chi connectivity index (χ2v) is 10.9. The first kappa shape index (κ1) is 23.1. The summed E-state index contributed by atoms with van der Waals surface area (Å²) < 4.78 is 15.6. The molecule has 2 unspecified atom stereocenters. The third kappa shape index (κ3) is 10.2. The maximum atomic E-state index is 11.7. The number of thioether (sulfide) groups is 4. The van der Waals surface area contributed by atoms with Crippen LogP contribution in [0.3, 0.4) is 0 Å². The molecular formula is C18H26O5S4. The molecule has 2 atom stereocenters. The van der Waals surface area contributed by atoms with Crippen molar-refractivity contribution in [2.75, 3.05) is 60.9 Å². The Kier molecular flexibility index (Phi) is 11.2. The van der Waals surface area contributed by atoms with Crippen LogP contribution in [0.1, 0.15) is 0 Å². The predicted molar refractivity (Wildman–Crippen MR) is 118 cm³/mol. The monoisotopic (exact) mass is 450 g/mol. The quantitative estimate of drug-likeness (QED) is 0.410. The van der Waals surface area contributed by atoms with Crippen molar-refractivity contribution in [3.63, 3.8) is 0 Å². The van der Waals surface area contributed by atoms with Gasteiger partial charge in [0.25, 0.3) is 0 Å². The summed E-state index contributed by atoms with van der Waals surface area (Å²) in [5.41, 5.74) is 2.43. The van der Waals surface area contributed by atoms with Gasteiger partial charge in [-0.05, 0) is 0 Å². The summed E-state index contributed by atoms with van der Waals surface area (Å²) in [5, 5.41) is 0.545. The number of rotatable bonds is 8.